The third-order valence-corrected chi connectivity index (χ3v) is 5.31. The fourth-order valence-electron chi connectivity index (χ4n) is 3.27. The molecule has 0 bridgehead atoms. The molecule has 3 aromatic rings. The smallest absolute Gasteiger partial charge is 0.244 e. The van der Waals surface area contributed by atoms with Gasteiger partial charge >= 0.3 is 0 Å². The Morgan fingerprint density at radius 1 is 1.21 bits per heavy atom. The van der Waals surface area contributed by atoms with E-state index in [0.717, 1.165) is 11.1 Å². The van der Waals surface area contributed by atoms with Crippen molar-refractivity contribution in [2.45, 2.75) is 5.92 Å². The average Bonchev–Trinajstić information content (AvgIpc) is 3.12. The Hall–Kier alpha value is -3.14. The highest BCUT2D eigenvalue weighted by atomic mass is 35.5. The van der Waals surface area contributed by atoms with Crippen LogP contribution in [0.4, 0.5) is 0 Å². The highest BCUT2D eigenvalue weighted by Crippen LogP contribution is 2.46. The van der Waals surface area contributed by atoms with Crippen LogP contribution < -0.4 is 15.2 Å². The number of aromatic nitrogens is 2. The van der Waals surface area contributed by atoms with Crippen LogP contribution >= 0.6 is 23.2 Å². The summed E-state index contributed by atoms with van der Waals surface area (Å²) in [6.07, 6.45) is 0. The molecule has 8 heteroatoms. The Bertz CT molecular complexity index is 1150. The van der Waals surface area contributed by atoms with Crippen molar-refractivity contribution in [1.29, 1.82) is 5.26 Å². The molecule has 140 valence electrons. The molecule has 0 aliphatic carbocycles. The Labute approximate surface area is 171 Å². The number of ether oxygens (including phenoxy) is 2. The number of halogens is 2. The quantitative estimate of drug-likeness (QED) is 0.654. The molecule has 0 unspecified atom stereocenters. The van der Waals surface area contributed by atoms with Crippen LogP contribution in [0.3, 0.4) is 0 Å². The van der Waals surface area contributed by atoms with Gasteiger partial charge in [0.05, 0.1) is 34.3 Å². The van der Waals surface area contributed by atoms with Crippen molar-refractivity contribution in [2.75, 3.05) is 7.11 Å². The van der Waals surface area contributed by atoms with Crippen molar-refractivity contribution in [2.24, 2.45) is 5.73 Å². The van der Waals surface area contributed by atoms with Crippen LogP contribution in [0.25, 0.3) is 11.3 Å². The van der Waals surface area contributed by atoms with Crippen molar-refractivity contribution in [3.8, 4) is 29.0 Å². The number of methoxy groups -OCH3 is 1. The minimum absolute atomic E-state index is 0.00904. The summed E-state index contributed by atoms with van der Waals surface area (Å²) in [6.45, 7) is 0. The topological polar surface area (TPSA) is 97.0 Å². The van der Waals surface area contributed by atoms with Gasteiger partial charge in [0.1, 0.15) is 17.4 Å². The molecule has 1 aromatic heterocycles. The summed E-state index contributed by atoms with van der Waals surface area (Å²) in [4.78, 5) is 0. The summed E-state index contributed by atoms with van der Waals surface area (Å²) in [5.41, 5.74) is 9.25. The van der Waals surface area contributed by atoms with E-state index >= 15 is 0 Å². The number of nitrogens with one attached hydrogen (secondary N) is 1. The number of benzene rings is 2. The zero-order valence-corrected chi connectivity index (χ0v) is 16.2. The Kier molecular flexibility index (Phi) is 4.63. The van der Waals surface area contributed by atoms with Gasteiger partial charge in [0, 0.05) is 5.56 Å². The van der Waals surface area contributed by atoms with E-state index in [-0.39, 0.29) is 11.5 Å². The molecule has 4 rings (SSSR count). The van der Waals surface area contributed by atoms with Crippen molar-refractivity contribution in [1.82, 2.24) is 10.2 Å². The molecule has 2 heterocycles. The third-order valence-electron chi connectivity index (χ3n) is 4.57. The van der Waals surface area contributed by atoms with Crippen molar-refractivity contribution >= 4 is 23.2 Å². The standard InChI is InChI=1S/C20H14Cl2N4O2/c1-27-12-4-2-3-11(7-12)18-17-16(10-5-6-14(21)15(22)8-10)13(9-23)19(24)28-20(17)26-25-18/h2-8,16H,24H2,1H3,(H,25,26)/t16-/m0/s1. The molecule has 28 heavy (non-hydrogen) atoms. The van der Waals surface area contributed by atoms with Gasteiger partial charge in [-0.15, -0.1) is 5.10 Å². The minimum atomic E-state index is -0.511. The zero-order valence-electron chi connectivity index (χ0n) is 14.7. The van der Waals surface area contributed by atoms with Gasteiger partial charge in [-0.05, 0) is 29.8 Å². The van der Waals surface area contributed by atoms with Gasteiger partial charge in [-0.25, -0.2) is 0 Å². The van der Waals surface area contributed by atoms with E-state index in [2.05, 4.69) is 16.3 Å². The van der Waals surface area contributed by atoms with Crippen LogP contribution in [0.15, 0.2) is 53.9 Å². The molecular formula is C20H14Cl2N4O2. The van der Waals surface area contributed by atoms with E-state index in [1.54, 1.807) is 25.3 Å². The molecule has 0 saturated heterocycles. The van der Waals surface area contributed by atoms with Crippen molar-refractivity contribution in [3.05, 3.63) is 75.1 Å². The van der Waals surface area contributed by atoms with Crippen molar-refractivity contribution < 1.29 is 9.47 Å². The van der Waals surface area contributed by atoms with Gasteiger partial charge in [-0.1, -0.05) is 41.4 Å². The van der Waals surface area contributed by atoms with E-state index in [1.807, 2.05) is 24.3 Å². The molecule has 1 atom stereocenters. The molecule has 0 radical (unpaired) electrons. The number of nitriles is 1. The largest absolute Gasteiger partial charge is 0.497 e. The summed E-state index contributed by atoms with van der Waals surface area (Å²) >= 11 is 12.3. The number of hydrogen-bond acceptors (Lipinski definition) is 5. The maximum atomic E-state index is 9.75. The monoisotopic (exact) mass is 412 g/mol. The van der Waals surface area contributed by atoms with E-state index in [9.17, 15) is 5.26 Å². The number of hydrogen-bond donors (Lipinski definition) is 2. The maximum Gasteiger partial charge on any atom is 0.244 e. The molecule has 1 aliphatic rings. The number of rotatable bonds is 3. The van der Waals surface area contributed by atoms with E-state index in [0.29, 0.717) is 32.9 Å². The van der Waals surface area contributed by atoms with Gasteiger partial charge in [0.2, 0.25) is 11.8 Å². The lowest BCUT2D eigenvalue weighted by atomic mass is 9.83. The van der Waals surface area contributed by atoms with Crippen LogP contribution in [0.1, 0.15) is 17.0 Å². The van der Waals surface area contributed by atoms with Crippen LogP contribution in [0, 0.1) is 11.3 Å². The fourth-order valence-corrected chi connectivity index (χ4v) is 3.58. The average molecular weight is 413 g/mol. The summed E-state index contributed by atoms with van der Waals surface area (Å²) in [5, 5.41) is 17.8. The van der Waals surface area contributed by atoms with Crippen LogP contribution in [0.5, 0.6) is 11.6 Å². The lowest BCUT2D eigenvalue weighted by Gasteiger charge is -2.24. The van der Waals surface area contributed by atoms with Crippen LogP contribution in [-0.4, -0.2) is 17.3 Å². The second-order valence-corrected chi connectivity index (χ2v) is 6.96. The highest BCUT2D eigenvalue weighted by molar-refractivity contribution is 6.42. The second-order valence-electron chi connectivity index (χ2n) is 6.15. The molecule has 0 saturated carbocycles. The van der Waals surface area contributed by atoms with E-state index < -0.39 is 5.92 Å². The summed E-state index contributed by atoms with van der Waals surface area (Å²) in [5.74, 6) is 0.503. The minimum Gasteiger partial charge on any atom is -0.497 e. The first-order valence-corrected chi connectivity index (χ1v) is 9.04. The highest BCUT2D eigenvalue weighted by Gasteiger charge is 2.35. The van der Waals surface area contributed by atoms with E-state index in [1.165, 1.54) is 0 Å². The fraction of sp³-hybridized carbons (Fsp3) is 0.100. The lowest BCUT2D eigenvalue weighted by Crippen LogP contribution is -2.21. The van der Waals surface area contributed by atoms with Gasteiger partial charge in [0.15, 0.2) is 0 Å². The number of aromatic amines is 1. The third kappa shape index (κ3) is 2.95. The van der Waals surface area contributed by atoms with Gasteiger partial charge in [0.25, 0.3) is 0 Å². The SMILES string of the molecule is COc1cccc(-c2[nH]nc3c2[C@@H](c2ccc(Cl)c(Cl)c2)C(C#N)=C(N)O3)c1. The zero-order chi connectivity index (χ0) is 19.8. The number of allylic oxidation sites excluding steroid dienone is 1. The molecule has 0 amide bonds. The van der Waals surface area contributed by atoms with Gasteiger partial charge in [-0.2, -0.15) is 5.26 Å². The molecule has 6 nitrogen and oxygen atoms in total. The number of nitrogens with two attached hydrogens (primary N) is 1. The molecule has 3 N–H and O–H groups in total. The van der Waals surface area contributed by atoms with Crippen molar-refractivity contribution in [3.63, 3.8) is 0 Å². The second kappa shape index (κ2) is 7.12. The molecule has 1 aliphatic heterocycles. The van der Waals surface area contributed by atoms with Gasteiger partial charge < -0.3 is 15.2 Å². The summed E-state index contributed by atoms with van der Waals surface area (Å²) in [7, 11) is 1.60. The number of fused-ring (bicyclic) bond motifs is 1. The Morgan fingerprint density at radius 3 is 2.75 bits per heavy atom. The van der Waals surface area contributed by atoms with Crippen LogP contribution in [0.2, 0.25) is 10.0 Å². The maximum absolute atomic E-state index is 9.75. The first-order chi connectivity index (χ1) is 13.5. The van der Waals surface area contributed by atoms with Crippen LogP contribution in [-0.2, 0) is 0 Å². The number of nitrogens with zero attached hydrogens (tertiary/aromatic N) is 2. The first kappa shape index (κ1) is 18.2. The predicted octanol–water partition coefficient (Wildman–Crippen LogP) is 4.61. The Morgan fingerprint density at radius 2 is 2.04 bits per heavy atom. The first-order valence-electron chi connectivity index (χ1n) is 8.28. The van der Waals surface area contributed by atoms with E-state index in [4.69, 9.17) is 38.4 Å². The summed E-state index contributed by atoms with van der Waals surface area (Å²) < 4.78 is 10.9. The number of H-pyrrole nitrogens is 1. The van der Waals surface area contributed by atoms with Gasteiger partial charge in [-0.3, -0.25) is 5.10 Å². The normalized spacial score (nSPS) is 15.6. The molecule has 2 aromatic carbocycles. The summed E-state index contributed by atoms with van der Waals surface area (Å²) in [6, 6.07) is 14.9. The molecule has 0 fully saturated rings. The predicted molar refractivity (Wildman–Crippen MR) is 106 cm³/mol. The lowest BCUT2D eigenvalue weighted by molar-refractivity contribution is 0.379. The molecular weight excluding hydrogens is 399 g/mol. The Balaban J connectivity index is 1.95. The molecule has 0 spiro atoms.